The summed E-state index contributed by atoms with van der Waals surface area (Å²) in [4.78, 5) is 5.29. The summed E-state index contributed by atoms with van der Waals surface area (Å²) >= 11 is 0. The molecule has 0 amide bonds. The van der Waals surface area contributed by atoms with Crippen molar-refractivity contribution in [3.05, 3.63) is 115 Å². The minimum Gasteiger partial charge on any atom is -0.252 e. The molecule has 4 aromatic carbocycles. The Morgan fingerprint density at radius 1 is 0.562 bits per heavy atom. The molecule has 0 unspecified atom stereocenters. The van der Waals surface area contributed by atoms with Crippen molar-refractivity contribution in [2.75, 3.05) is 0 Å². The molecule has 1 nitrogen and oxygen atoms in total. The predicted molar refractivity (Wildman–Crippen MR) is 137 cm³/mol. The topological polar surface area (TPSA) is 12.9 Å². The van der Waals surface area contributed by atoms with Gasteiger partial charge >= 0.3 is 0 Å². The van der Waals surface area contributed by atoms with Crippen molar-refractivity contribution >= 4 is 10.8 Å². The zero-order valence-electron chi connectivity index (χ0n) is 18.5. The first-order valence-corrected chi connectivity index (χ1v) is 11.5. The van der Waals surface area contributed by atoms with Crippen LogP contribution in [0.15, 0.2) is 109 Å². The number of pyridine rings is 1. The third-order valence-corrected chi connectivity index (χ3v) is 6.07. The van der Waals surface area contributed by atoms with Crippen LogP contribution >= 0.6 is 0 Å². The van der Waals surface area contributed by atoms with E-state index in [1.807, 2.05) is 0 Å². The van der Waals surface area contributed by atoms with Crippen molar-refractivity contribution in [2.45, 2.75) is 26.2 Å². The third-order valence-electron chi connectivity index (χ3n) is 6.07. The van der Waals surface area contributed by atoms with Gasteiger partial charge in [0.1, 0.15) is 0 Å². The fourth-order valence-corrected chi connectivity index (χ4v) is 4.43. The van der Waals surface area contributed by atoms with E-state index >= 15 is 0 Å². The summed E-state index contributed by atoms with van der Waals surface area (Å²) in [5, 5.41) is 2.54. The highest BCUT2D eigenvalue weighted by atomic mass is 14.7. The molecule has 0 aliphatic rings. The number of aryl methyl sites for hydroxylation is 1. The summed E-state index contributed by atoms with van der Waals surface area (Å²) in [5.41, 5.74) is 8.32. The molecule has 5 rings (SSSR count). The maximum absolute atomic E-state index is 5.29. The number of aromatic nitrogens is 1. The second-order valence-corrected chi connectivity index (χ2v) is 8.24. The summed E-state index contributed by atoms with van der Waals surface area (Å²) in [6.45, 7) is 2.24. The van der Waals surface area contributed by atoms with Gasteiger partial charge in [-0.2, -0.15) is 0 Å². The van der Waals surface area contributed by atoms with Crippen molar-refractivity contribution in [1.82, 2.24) is 4.98 Å². The summed E-state index contributed by atoms with van der Waals surface area (Å²) in [6.07, 6.45) is 3.29. The van der Waals surface area contributed by atoms with Crippen molar-refractivity contribution in [2.24, 2.45) is 0 Å². The third kappa shape index (κ3) is 3.94. The summed E-state index contributed by atoms with van der Waals surface area (Å²) < 4.78 is 0. The zero-order valence-corrected chi connectivity index (χ0v) is 18.5. The molecule has 1 aromatic heterocycles. The zero-order chi connectivity index (χ0) is 21.8. The van der Waals surface area contributed by atoms with Crippen molar-refractivity contribution in [3.63, 3.8) is 0 Å². The maximum atomic E-state index is 5.29. The fourth-order valence-electron chi connectivity index (χ4n) is 4.43. The van der Waals surface area contributed by atoms with Crippen LogP contribution in [0.1, 0.15) is 25.5 Å². The Morgan fingerprint density at radius 3 is 1.78 bits per heavy atom. The standard InChI is InChI=1S/C31H27N/c1-2-3-19-29-27-21-20-26(23-13-7-4-8-14-23)22-28(27)30(24-15-9-5-10-16-24)31(32-29)25-17-11-6-12-18-25/h4-18,20-22H,2-3,19H2,1H3. The van der Waals surface area contributed by atoms with E-state index in [4.69, 9.17) is 4.98 Å². The lowest BCUT2D eigenvalue weighted by atomic mass is 9.90. The molecule has 0 N–H and O–H groups in total. The molecule has 32 heavy (non-hydrogen) atoms. The van der Waals surface area contributed by atoms with Crippen LogP contribution in [0.3, 0.4) is 0 Å². The number of rotatable bonds is 6. The lowest BCUT2D eigenvalue weighted by Gasteiger charge is -2.18. The summed E-state index contributed by atoms with van der Waals surface area (Å²) in [7, 11) is 0. The molecule has 0 radical (unpaired) electrons. The number of nitrogens with zero attached hydrogens (tertiary/aromatic N) is 1. The Kier molecular flexibility index (Phi) is 5.81. The number of hydrogen-bond donors (Lipinski definition) is 0. The van der Waals surface area contributed by atoms with Crippen molar-refractivity contribution in [1.29, 1.82) is 0 Å². The number of hydrogen-bond acceptors (Lipinski definition) is 1. The van der Waals surface area contributed by atoms with E-state index in [1.54, 1.807) is 0 Å². The van der Waals surface area contributed by atoms with Crippen LogP contribution in [-0.2, 0) is 6.42 Å². The minimum absolute atomic E-state index is 0.993. The van der Waals surface area contributed by atoms with Gasteiger partial charge < -0.3 is 0 Å². The average molecular weight is 414 g/mol. The second kappa shape index (κ2) is 9.20. The average Bonchev–Trinajstić information content (AvgIpc) is 2.88. The first kappa shape index (κ1) is 20.2. The van der Waals surface area contributed by atoms with E-state index in [-0.39, 0.29) is 0 Å². The van der Waals surface area contributed by atoms with Crippen molar-refractivity contribution in [3.8, 4) is 33.5 Å². The number of fused-ring (bicyclic) bond motifs is 1. The second-order valence-electron chi connectivity index (χ2n) is 8.24. The minimum atomic E-state index is 0.993. The van der Waals surface area contributed by atoms with Crippen molar-refractivity contribution < 1.29 is 0 Å². The van der Waals surface area contributed by atoms with E-state index in [2.05, 4.69) is 116 Å². The van der Waals surface area contributed by atoms with Crippen LogP contribution in [-0.4, -0.2) is 4.98 Å². The van der Waals surface area contributed by atoms with Crippen LogP contribution in [0.25, 0.3) is 44.3 Å². The lowest BCUT2D eigenvalue weighted by molar-refractivity contribution is 0.783. The molecule has 0 aliphatic heterocycles. The van der Waals surface area contributed by atoms with Crippen LogP contribution in [0, 0.1) is 0 Å². The van der Waals surface area contributed by atoms with Gasteiger partial charge in [-0.15, -0.1) is 0 Å². The highest BCUT2D eigenvalue weighted by Crippen LogP contribution is 2.40. The largest absolute Gasteiger partial charge is 0.252 e. The SMILES string of the molecule is CCCCc1nc(-c2ccccc2)c(-c2ccccc2)c2cc(-c3ccccc3)ccc12. The van der Waals surface area contributed by atoms with E-state index < -0.39 is 0 Å². The predicted octanol–water partition coefficient (Wildman–Crippen LogP) is 8.58. The Balaban J connectivity index is 1.86. The molecule has 5 aromatic rings. The number of benzene rings is 4. The molecule has 0 saturated heterocycles. The Labute approximate surface area is 190 Å². The Morgan fingerprint density at radius 2 is 1.16 bits per heavy atom. The Bertz CT molecular complexity index is 1320. The van der Waals surface area contributed by atoms with Gasteiger partial charge in [0.25, 0.3) is 0 Å². The highest BCUT2D eigenvalue weighted by molar-refractivity contribution is 6.05. The summed E-state index contributed by atoms with van der Waals surface area (Å²) in [6, 6.07) is 38.8. The smallest absolute Gasteiger partial charge is 0.0790 e. The summed E-state index contributed by atoms with van der Waals surface area (Å²) in [5.74, 6) is 0. The molecule has 0 fully saturated rings. The van der Waals surface area contributed by atoms with Crippen LogP contribution in [0.5, 0.6) is 0 Å². The normalized spacial score (nSPS) is 11.0. The Hall–Kier alpha value is -3.71. The monoisotopic (exact) mass is 413 g/mol. The van der Waals surface area contributed by atoms with Crippen LogP contribution < -0.4 is 0 Å². The number of unbranched alkanes of at least 4 members (excludes halogenated alkanes) is 1. The molecule has 0 atom stereocenters. The molecule has 0 spiro atoms. The van der Waals surface area contributed by atoms with Gasteiger partial charge in [0.15, 0.2) is 0 Å². The van der Waals surface area contributed by atoms with Gasteiger partial charge in [-0.05, 0) is 41.0 Å². The van der Waals surface area contributed by atoms with E-state index in [9.17, 15) is 0 Å². The molecule has 1 heteroatoms. The first-order valence-electron chi connectivity index (χ1n) is 11.5. The van der Waals surface area contributed by atoms with Gasteiger partial charge in [-0.25, -0.2) is 0 Å². The van der Waals surface area contributed by atoms with Gasteiger partial charge in [0.2, 0.25) is 0 Å². The fraction of sp³-hybridized carbons (Fsp3) is 0.129. The van der Waals surface area contributed by atoms with E-state index in [1.165, 1.54) is 38.7 Å². The van der Waals surface area contributed by atoms with Gasteiger partial charge in [0, 0.05) is 22.2 Å². The van der Waals surface area contributed by atoms with Gasteiger partial charge in [-0.1, -0.05) is 116 Å². The van der Waals surface area contributed by atoms with Gasteiger partial charge in [0.05, 0.1) is 5.69 Å². The van der Waals surface area contributed by atoms with Gasteiger partial charge in [-0.3, -0.25) is 4.98 Å². The molecule has 0 bridgehead atoms. The van der Waals surface area contributed by atoms with Crippen LogP contribution in [0.4, 0.5) is 0 Å². The quantitative estimate of drug-likeness (QED) is 0.272. The molecular weight excluding hydrogens is 386 g/mol. The molecule has 0 aliphatic carbocycles. The molecular formula is C31H27N. The molecule has 0 saturated carbocycles. The highest BCUT2D eigenvalue weighted by Gasteiger charge is 2.17. The maximum Gasteiger partial charge on any atom is 0.0790 e. The van der Waals surface area contributed by atoms with E-state index in [0.717, 1.165) is 30.5 Å². The van der Waals surface area contributed by atoms with E-state index in [0.29, 0.717) is 0 Å². The molecule has 1 heterocycles. The van der Waals surface area contributed by atoms with Crippen LogP contribution in [0.2, 0.25) is 0 Å². The first-order chi connectivity index (χ1) is 15.8. The molecule has 156 valence electrons. The lowest BCUT2D eigenvalue weighted by Crippen LogP contribution is -1.99.